The Labute approximate surface area is 205 Å². The van der Waals surface area contributed by atoms with E-state index in [-0.39, 0.29) is 37.7 Å². The summed E-state index contributed by atoms with van der Waals surface area (Å²) in [6.07, 6.45) is 1.85. The third kappa shape index (κ3) is 7.35. The van der Waals surface area contributed by atoms with E-state index in [2.05, 4.69) is 5.32 Å². The van der Waals surface area contributed by atoms with Gasteiger partial charge in [0, 0.05) is 42.2 Å². The highest BCUT2D eigenvalue weighted by atomic mass is 35.5. The third-order valence-corrected chi connectivity index (χ3v) is 7.12. The smallest absolute Gasteiger partial charge is 0.242 e. The van der Waals surface area contributed by atoms with Gasteiger partial charge in [0.1, 0.15) is 6.04 Å². The van der Waals surface area contributed by atoms with Gasteiger partial charge in [0.05, 0.1) is 11.9 Å². The number of hydrogen-bond donors (Lipinski definition) is 1. The van der Waals surface area contributed by atoms with Crippen molar-refractivity contribution < 1.29 is 18.0 Å². The van der Waals surface area contributed by atoms with Crippen LogP contribution in [0.1, 0.15) is 31.7 Å². The summed E-state index contributed by atoms with van der Waals surface area (Å²) in [4.78, 5) is 27.2. The Morgan fingerprint density at radius 1 is 1.03 bits per heavy atom. The van der Waals surface area contributed by atoms with E-state index in [0.29, 0.717) is 27.7 Å². The van der Waals surface area contributed by atoms with Gasteiger partial charge in [-0.3, -0.25) is 13.9 Å². The summed E-state index contributed by atoms with van der Waals surface area (Å²) >= 11 is 12.6. The number of hydrogen-bond acceptors (Lipinski definition) is 4. The highest BCUT2D eigenvalue weighted by molar-refractivity contribution is 7.92. The molecule has 10 heteroatoms. The normalized spacial score (nSPS) is 12.2. The van der Waals surface area contributed by atoms with Crippen molar-refractivity contribution in [3.63, 3.8) is 0 Å². The number of nitrogens with one attached hydrogen (secondary N) is 1. The molecule has 2 aromatic carbocycles. The number of carbonyl (C=O) groups is 2. The van der Waals surface area contributed by atoms with Gasteiger partial charge in [-0.25, -0.2) is 8.42 Å². The van der Waals surface area contributed by atoms with Crippen LogP contribution in [0.5, 0.6) is 0 Å². The van der Waals surface area contributed by atoms with Crippen LogP contribution in [0.15, 0.2) is 48.5 Å². The van der Waals surface area contributed by atoms with E-state index in [4.69, 9.17) is 23.2 Å². The van der Waals surface area contributed by atoms with E-state index in [1.807, 2.05) is 6.92 Å². The van der Waals surface area contributed by atoms with Gasteiger partial charge in [-0.05, 0) is 37.1 Å². The summed E-state index contributed by atoms with van der Waals surface area (Å²) in [5, 5.41) is 3.40. The molecule has 0 aromatic heterocycles. The van der Waals surface area contributed by atoms with Gasteiger partial charge >= 0.3 is 0 Å². The molecule has 33 heavy (non-hydrogen) atoms. The number of carbonyl (C=O) groups excluding carboxylic acids is 2. The van der Waals surface area contributed by atoms with Gasteiger partial charge in [-0.1, -0.05) is 54.4 Å². The van der Waals surface area contributed by atoms with Crippen molar-refractivity contribution >= 4 is 50.7 Å². The van der Waals surface area contributed by atoms with Crippen molar-refractivity contribution in [1.82, 2.24) is 10.2 Å². The molecule has 0 fully saturated rings. The largest absolute Gasteiger partial charge is 0.357 e. The summed E-state index contributed by atoms with van der Waals surface area (Å²) in [6.45, 7) is 2.01. The molecule has 1 unspecified atom stereocenters. The predicted octanol–water partition coefficient (Wildman–Crippen LogP) is 4.09. The lowest BCUT2D eigenvalue weighted by Crippen LogP contribution is -2.48. The Bertz CT molecular complexity index is 1040. The highest BCUT2D eigenvalue weighted by Crippen LogP contribution is 2.27. The van der Waals surface area contributed by atoms with Crippen molar-refractivity contribution in [1.29, 1.82) is 0 Å². The Balaban J connectivity index is 2.22. The van der Waals surface area contributed by atoms with Crippen LogP contribution in [0.2, 0.25) is 10.0 Å². The number of rotatable bonds is 11. The number of nitrogens with zero attached hydrogens (tertiary/aromatic N) is 2. The maximum absolute atomic E-state index is 13.3. The molecule has 0 aliphatic heterocycles. The lowest BCUT2D eigenvalue weighted by Gasteiger charge is -2.31. The van der Waals surface area contributed by atoms with Crippen LogP contribution in [-0.4, -0.2) is 51.0 Å². The fraction of sp³-hybridized carbons (Fsp3) is 0.391. The molecule has 0 spiro atoms. The molecule has 0 aliphatic rings. The lowest BCUT2D eigenvalue weighted by molar-refractivity contribution is -0.141. The molecule has 0 saturated carbocycles. The molecule has 7 nitrogen and oxygen atoms in total. The van der Waals surface area contributed by atoms with Crippen LogP contribution in [0.3, 0.4) is 0 Å². The Morgan fingerprint density at radius 3 is 2.15 bits per heavy atom. The number of likely N-dealkylation sites (N-methyl/N-ethyl adjacent to an activating group) is 1. The van der Waals surface area contributed by atoms with Crippen molar-refractivity contribution in [2.24, 2.45) is 0 Å². The second-order valence-electron chi connectivity index (χ2n) is 7.53. The minimum atomic E-state index is -3.52. The zero-order valence-corrected chi connectivity index (χ0v) is 21.3. The van der Waals surface area contributed by atoms with Gasteiger partial charge in [-0.15, -0.1) is 0 Å². The molecule has 2 aromatic rings. The van der Waals surface area contributed by atoms with Crippen LogP contribution in [0.4, 0.5) is 5.69 Å². The van der Waals surface area contributed by atoms with E-state index in [1.165, 1.54) is 16.3 Å². The number of sulfonamides is 1. The van der Waals surface area contributed by atoms with Crippen molar-refractivity contribution in [2.45, 2.75) is 38.8 Å². The summed E-state index contributed by atoms with van der Waals surface area (Å²) < 4.78 is 25.8. The van der Waals surface area contributed by atoms with E-state index in [1.54, 1.807) is 48.5 Å². The fourth-order valence-electron chi connectivity index (χ4n) is 3.54. The summed E-state index contributed by atoms with van der Waals surface area (Å²) in [5.41, 5.74) is 1.09. The Kier molecular flexibility index (Phi) is 10.0. The van der Waals surface area contributed by atoms with E-state index >= 15 is 0 Å². The van der Waals surface area contributed by atoms with Crippen molar-refractivity contribution in [2.75, 3.05) is 24.2 Å². The number of benzene rings is 2. The maximum Gasteiger partial charge on any atom is 0.242 e. The average molecular weight is 514 g/mol. The minimum absolute atomic E-state index is 0.0500. The molecule has 0 saturated heterocycles. The molecular weight excluding hydrogens is 485 g/mol. The SMILES string of the molecule is CCC(C(=O)NC)N(Cc1c(Cl)cccc1Cl)C(=O)CCCN(c1ccccc1)S(C)(=O)=O. The molecular formula is C23H29Cl2N3O4S. The van der Waals surface area contributed by atoms with Gasteiger partial charge in [-0.2, -0.15) is 0 Å². The molecule has 0 bridgehead atoms. The van der Waals surface area contributed by atoms with E-state index in [9.17, 15) is 18.0 Å². The van der Waals surface area contributed by atoms with Crippen LogP contribution in [-0.2, 0) is 26.2 Å². The van der Waals surface area contributed by atoms with Gasteiger partial charge in [0.2, 0.25) is 21.8 Å². The zero-order chi connectivity index (χ0) is 24.6. The maximum atomic E-state index is 13.3. The molecule has 2 amide bonds. The van der Waals surface area contributed by atoms with E-state index in [0.717, 1.165) is 6.26 Å². The first-order valence-corrected chi connectivity index (χ1v) is 13.2. The highest BCUT2D eigenvalue weighted by Gasteiger charge is 2.29. The third-order valence-electron chi connectivity index (χ3n) is 5.22. The van der Waals surface area contributed by atoms with Crippen LogP contribution in [0.25, 0.3) is 0 Å². The zero-order valence-electron chi connectivity index (χ0n) is 18.9. The number of para-hydroxylation sites is 1. The van der Waals surface area contributed by atoms with Crippen LogP contribution < -0.4 is 9.62 Å². The molecule has 0 radical (unpaired) electrons. The van der Waals surface area contributed by atoms with Gasteiger partial charge in [0.25, 0.3) is 0 Å². The minimum Gasteiger partial charge on any atom is -0.357 e. The Hall–Kier alpha value is -2.29. The lowest BCUT2D eigenvalue weighted by atomic mass is 10.1. The molecule has 0 heterocycles. The molecule has 1 atom stereocenters. The Morgan fingerprint density at radius 2 is 1.64 bits per heavy atom. The van der Waals surface area contributed by atoms with Crippen molar-refractivity contribution in [3.8, 4) is 0 Å². The number of amides is 2. The summed E-state index contributed by atoms with van der Waals surface area (Å²) in [6, 6.07) is 13.1. The monoisotopic (exact) mass is 513 g/mol. The fourth-order valence-corrected chi connectivity index (χ4v) is 5.02. The molecule has 1 N–H and O–H groups in total. The first-order chi connectivity index (χ1) is 15.6. The van der Waals surface area contributed by atoms with Crippen molar-refractivity contribution in [3.05, 3.63) is 64.1 Å². The first kappa shape index (κ1) is 27.0. The second kappa shape index (κ2) is 12.3. The molecule has 180 valence electrons. The second-order valence-corrected chi connectivity index (χ2v) is 10.3. The van der Waals surface area contributed by atoms with Crippen LogP contribution >= 0.6 is 23.2 Å². The standard InChI is InChI=1S/C23H29Cl2N3O4S/c1-4-21(23(30)26-2)27(16-18-19(24)12-8-13-20(18)25)22(29)14-9-15-28(33(3,31)32)17-10-6-5-7-11-17/h5-8,10-13,21H,4,9,14-16H2,1-3H3,(H,26,30). The molecule has 0 aliphatic carbocycles. The first-order valence-electron chi connectivity index (χ1n) is 10.6. The topological polar surface area (TPSA) is 86.8 Å². The van der Waals surface area contributed by atoms with Crippen LogP contribution in [0, 0.1) is 0 Å². The number of halogens is 2. The quantitative estimate of drug-likeness (QED) is 0.490. The van der Waals surface area contributed by atoms with Gasteiger partial charge < -0.3 is 10.2 Å². The predicted molar refractivity (Wildman–Crippen MR) is 133 cm³/mol. The summed E-state index contributed by atoms with van der Waals surface area (Å²) in [7, 11) is -2.01. The number of anilines is 1. The molecule has 2 rings (SSSR count). The average Bonchev–Trinajstić information content (AvgIpc) is 2.77. The van der Waals surface area contributed by atoms with Gasteiger partial charge in [0.15, 0.2) is 0 Å². The van der Waals surface area contributed by atoms with E-state index < -0.39 is 16.1 Å². The summed E-state index contributed by atoms with van der Waals surface area (Å²) in [5.74, 6) is -0.584.